The van der Waals surface area contributed by atoms with Gasteiger partial charge in [0.25, 0.3) is 11.8 Å². The number of esters is 3. The number of hydrogen-bond donors (Lipinski definition) is 0. The second-order valence-electron chi connectivity index (χ2n) is 7.83. The van der Waals surface area contributed by atoms with E-state index >= 15 is 0 Å². The summed E-state index contributed by atoms with van der Waals surface area (Å²) in [7, 11) is 0. The molecule has 1 aliphatic heterocycles. The number of carbonyl (C=O) groups excluding carboxylic acids is 6. The first kappa shape index (κ1) is 26.1. The number of rotatable bonds is 12. The zero-order valence-corrected chi connectivity index (χ0v) is 18.2. The van der Waals surface area contributed by atoms with Crippen molar-refractivity contribution in [2.45, 2.75) is 65.9 Å². The second-order valence-corrected chi connectivity index (χ2v) is 7.83. The average molecular weight is 443 g/mol. The van der Waals surface area contributed by atoms with E-state index < -0.39 is 61.1 Å². The van der Waals surface area contributed by atoms with Gasteiger partial charge in [-0.05, 0) is 11.8 Å². The maximum atomic E-state index is 12.2. The number of hydrogen-bond acceptors (Lipinski definition) is 10. The molecule has 174 valence electrons. The molecule has 11 heteroatoms. The molecule has 0 radical (unpaired) electrons. The molecule has 0 aliphatic carbocycles. The third kappa shape index (κ3) is 10.1. The van der Waals surface area contributed by atoms with Crippen molar-refractivity contribution >= 4 is 35.7 Å². The van der Waals surface area contributed by atoms with Gasteiger partial charge in [0, 0.05) is 12.8 Å². The second kappa shape index (κ2) is 12.7. The monoisotopic (exact) mass is 443 g/mol. The number of carbonyl (C=O) groups is 6. The Bertz CT molecular complexity index is 684. The van der Waals surface area contributed by atoms with Gasteiger partial charge in [-0.1, -0.05) is 27.7 Å². The molecule has 1 atom stereocenters. The van der Waals surface area contributed by atoms with Crippen molar-refractivity contribution in [1.82, 2.24) is 5.06 Å². The molecule has 1 saturated heterocycles. The van der Waals surface area contributed by atoms with Crippen LogP contribution >= 0.6 is 0 Å². The summed E-state index contributed by atoms with van der Waals surface area (Å²) in [6, 6.07) is 0. The van der Waals surface area contributed by atoms with E-state index in [1.165, 1.54) is 0 Å². The zero-order chi connectivity index (χ0) is 23.6. The van der Waals surface area contributed by atoms with Crippen LogP contribution in [0, 0.1) is 11.8 Å². The lowest BCUT2D eigenvalue weighted by Gasteiger charge is -2.18. The lowest BCUT2D eigenvalue weighted by atomic mass is 10.2. The lowest BCUT2D eigenvalue weighted by molar-refractivity contribution is -0.197. The molecule has 0 bridgehead atoms. The van der Waals surface area contributed by atoms with E-state index in [4.69, 9.17) is 14.2 Å². The van der Waals surface area contributed by atoms with Gasteiger partial charge in [0.2, 0.25) is 6.10 Å². The van der Waals surface area contributed by atoms with Gasteiger partial charge in [-0.2, -0.15) is 0 Å². The van der Waals surface area contributed by atoms with Gasteiger partial charge in [0.05, 0.1) is 32.5 Å². The predicted octanol–water partition coefficient (Wildman–Crippen LogP) is 1.07. The van der Waals surface area contributed by atoms with E-state index in [1.54, 1.807) is 0 Å². The maximum Gasteiger partial charge on any atom is 0.348 e. The van der Waals surface area contributed by atoms with E-state index in [0.29, 0.717) is 5.06 Å². The molecule has 0 saturated carbocycles. The van der Waals surface area contributed by atoms with E-state index in [9.17, 15) is 28.8 Å². The Labute approximate surface area is 180 Å². The fraction of sp³-hybridized carbons (Fsp3) is 0.700. The van der Waals surface area contributed by atoms with E-state index in [-0.39, 0.29) is 37.9 Å². The van der Waals surface area contributed by atoms with Crippen LogP contribution in [-0.2, 0) is 47.8 Å². The number of nitrogens with zero attached hydrogens (tertiary/aromatic N) is 1. The summed E-state index contributed by atoms with van der Waals surface area (Å²) in [5.41, 5.74) is 0. The van der Waals surface area contributed by atoms with Crippen LogP contribution in [0.2, 0.25) is 0 Å². The number of ether oxygens (including phenoxy) is 3. The summed E-state index contributed by atoms with van der Waals surface area (Å²) in [4.78, 5) is 75.5. The van der Waals surface area contributed by atoms with Crippen molar-refractivity contribution in [2.75, 3.05) is 13.2 Å². The molecule has 0 aromatic rings. The molecule has 1 aliphatic rings. The summed E-state index contributed by atoms with van der Waals surface area (Å²) < 4.78 is 15.1. The highest BCUT2D eigenvalue weighted by atomic mass is 16.7. The molecular weight excluding hydrogens is 414 g/mol. The van der Waals surface area contributed by atoms with Crippen molar-refractivity contribution in [2.24, 2.45) is 11.8 Å². The average Bonchev–Trinajstić information content (AvgIpc) is 3.00. The van der Waals surface area contributed by atoms with E-state index in [1.807, 2.05) is 27.7 Å². The topological polar surface area (TPSA) is 143 Å². The first-order valence-electron chi connectivity index (χ1n) is 10.1. The standard InChI is InChI=1S/C20H29NO10/c1-12(2)10-28-19(26)9-14(20(27)29-11-13(3)4)30-17(24)7-8-18(25)31-21-15(22)5-6-16(21)23/h12-14H,5-11H2,1-4H3/t14-/m0/s1. The van der Waals surface area contributed by atoms with Gasteiger partial charge in [-0.25, -0.2) is 9.59 Å². The minimum absolute atomic E-state index is 0.0268. The molecule has 2 amide bonds. The Kier molecular flexibility index (Phi) is 10.6. The van der Waals surface area contributed by atoms with Crippen molar-refractivity contribution in [3.05, 3.63) is 0 Å². The minimum Gasteiger partial charge on any atom is -0.465 e. The van der Waals surface area contributed by atoms with E-state index in [0.717, 1.165) is 0 Å². The first-order valence-corrected chi connectivity index (χ1v) is 10.1. The normalized spacial score (nSPS) is 14.6. The largest absolute Gasteiger partial charge is 0.465 e. The van der Waals surface area contributed by atoms with Crippen LogP contribution < -0.4 is 0 Å². The third-order valence-corrected chi connectivity index (χ3v) is 3.76. The van der Waals surface area contributed by atoms with E-state index in [2.05, 4.69) is 4.84 Å². The Morgan fingerprint density at radius 3 is 1.87 bits per heavy atom. The lowest BCUT2D eigenvalue weighted by Crippen LogP contribution is -2.34. The fourth-order valence-corrected chi connectivity index (χ4v) is 2.21. The van der Waals surface area contributed by atoms with Crippen LogP contribution in [0.1, 0.15) is 59.8 Å². The summed E-state index contributed by atoms with van der Waals surface area (Å²) in [6.07, 6.45) is -3.16. The van der Waals surface area contributed by atoms with Gasteiger partial charge in [0.1, 0.15) is 0 Å². The highest BCUT2D eigenvalue weighted by Crippen LogP contribution is 2.14. The molecule has 0 spiro atoms. The minimum atomic E-state index is -1.52. The van der Waals surface area contributed by atoms with Crippen LogP contribution in [0.3, 0.4) is 0 Å². The Morgan fingerprint density at radius 2 is 1.32 bits per heavy atom. The van der Waals surface area contributed by atoms with Crippen molar-refractivity contribution in [3.63, 3.8) is 0 Å². The van der Waals surface area contributed by atoms with Crippen LogP contribution in [0.4, 0.5) is 0 Å². The SMILES string of the molecule is CC(C)COC(=O)C[C@H](OC(=O)CCC(=O)ON1C(=O)CCC1=O)C(=O)OCC(C)C. The predicted molar refractivity (Wildman–Crippen MR) is 103 cm³/mol. The van der Waals surface area contributed by atoms with Gasteiger partial charge in [-0.3, -0.25) is 19.2 Å². The summed E-state index contributed by atoms with van der Waals surface area (Å²) in [5, 5.41) is 0.366. The summed E-state index contributed by atoms with van der Waals surface area (Å²) in [6.45, 7) is 7.51. The number of hydroxylamine groups is 2. The summed E-state index contributed by atoms with van der Waals surface area (Å²) in [5.74, 6) is -4.77. The van der Waals surface area contributed by atoms with Gasteiger partial charge in [-0.15, -0.1) is 5.06 Å². The van der Waals surface area contributed by atoms with Crippen molar-refractivity contribution in [1.29, 1.82) is 0 Å². The van der Waals surface area contributed by atoms with Crippen LogP contribution in [0.5, 0.6) is 0 Å². The highest BCUT2D eigenvalue weighted by Gasteiger charge is 2.33. The molecule has 31 heavy (non-hydrogen) atoms. The highest BCUT2D eigenvalue weighted by molar-refractivity contribution is 6.01. The molecule has 1 fully saturated rings. The quantitative estimate of drug-likeness (QED) is 0.244. The Morgan fingerprint density at radius 1 is 0.806 bits per heavy atom. The van der Waals surface area contributed by atoms with Crippen molar-refractivity contribution < 1.29 is 47.8 Å². The van der Waals surface area contributed by atoms with Crippen LogP contribution in [0.15, 0.2) is 0 Å². The number of imide groups is 1. The maximum absolute atomic E-state index is 12.2. The third-order valence-electron chi connectivity index (χ3n) is 3.76. The van der Waals surface area contributed by atoms with Crippen molar-refractivity contribution in [3.8, 4) is 0 Å². The molecule has 0 aromatic carbocycles. The molecule has 0 N–H and O–H groups in total. The van der Waals surface area contributed by atoms with Crippen LogP contribution in [-0.4, -0.2) is 60.1 Å². The number of amides is 2. The Hall–Kier alpha value is -2.98. The van der Waals surface area contributed by atoms with Gasteiger partial charge < -0.3 is 19.0 Å². The molecule has 1 heterocycles. The van der Waals surface area contributed by atoms with Gasteiger partial charge in [0.15, 0.2) is 0 Å². The first-order chi connectivity index (χ1) is 14.5. The zero-order valence-electron chi connectivity index (χ0n) is 18.2. The summed E-state index contributed by atoms with van der Waals surface area (Å²) >= 11 is 0. The molecule has 0 aromatic heterocycles. The molecular formula is C20H29NO10. The molecule has 11 nitrogen and oxygen atoms in total. The molecule has 0 unspecified atom stereocenters. The Balaban J connectivity index is 2.58. The molecule has 1 rings (SSSR count). The fourth-order valence-electron chi connectivity index (χ4n) is 2.21. The smallest absolute Gasteiger partial charge is 0.348 e. The van der Waals surface area contributed by atoms with Gasteiger partial charge >= 0.3 is 23.9 Å². The van der Waals surface area contributed by atoms with Crippen LogP contribution in [0.25, 0.3) is 0 Å².